The van der Waals surface area contributed by atoms with Crippen molar-refractivity contribution in [1.29, 1.82) is 0 Å². The molecule has 0 aromatic heterocycles. The molecule has 0 saturated carbocycles. The van der Waals surface area contributed by atoms with Crippen molar-refractivity contribution in [2.75, 3.05) is 32.1 Å². The normalized spacial score (nSPS) is 25.5. The van der Waals surface area contributed by atoms with E-state index < -0.39 is 0 Å². The molecule has 0 bridgehead atoms. The van der Waals surface area contributed by atoms with Crippen LogP contribution in [0.4, 0.5) is 0 Å². The van der Waals surface area contributed by atoms with E-state index in [-0.39, 0.29) is 29.1 Å². The molecule has 2 heterocycles. The molecule has 112 valence electrons. The molecule has 2 aliphatic rings. The molecule has 0 aromatic carbocycles. The maximum Gasteiger partial charge on any atom is 0.239 e. The Morgan fingerprint density at radius 2 is 2.05 bits per heavy atom. The van der Waals surface area contributed by atoms with Crippen LogP contribution in [0.25, 0.3) is 0 Å². The molecule has 2 fully saturated rings. The number of ether oxygens (including phenoxy) is 1. The summed E-state index contributed by atoms with van der Waals surface area (Å²) in [6.07, 6.45) is 1.83. The molecule has 2 rings (SSSR count). The number of hydrogen-bond donors (Lipinski definition) is 1. The summed E-state index contributed by atoms with van der Waals surface area (Å²) in [5, 5.41) is 0. The highest BCUT2D eigenvalue weighted by Crippen LogP contribution is 2.30. The Balaban J connectivity index is 0.00000180. The van der Waals surface area contributed by atoms with Crippen molar-refractivity contribution in [1.82, 2.24) is 4.90 Å². The first-order valence-corrected chi connectivity index (χ1v) is 7.74. The molecule has 1 unspecified atom stereocenters. The fourth-order valence-corrected chi connectivity index (χ4v) is 3.80. The summed E-state index contributed by atoms with van der Waals surface area (Å²) in [5.74, 6) is 1.44. The van der Waals surface area contributed by atoms with Gasteiger partial charge in [-0.15, -0.1) is 12.4 Å². The van der Waals surface area contributed by atoms with E-state index in [0.717, 1.165) is 44.9 Å². The first kappa shape index (κ1) is 17.1. The second-order valence-corrected chi connectivity index (χ2v) is 7.65. The fourth-order valence-electron chi connectivity index (χ4n) is 2.69. The molecule has 0 spiro atoms. The van der Waals surface area contributed by atoms with Crippen LogP contribution in [0.3, 0.4) is 0 Å². The lowest BCUT2D eigenvalue weighted by Gasteiger charge is -2.40. The number of nitrogens with two attached hydrogens (primary N) is 1. The molecule has 6 heteroatoms. The van der Waals surface area contributed by atoms with Gasteiger partial charge in [0.1, 0.15) is 0 Å². The minimum absolute atomic E-state index is 0. The van der Waals surface area contributed by atoms with Crippen molar-refractivity contribution < 1.29 is 9.53 Å². The second kappa shape index (κ2) is 7.16. The maximum absolute atomic E-state index is 12.4. The van der Waals surface area contributed by atoms with E-state index in [4.69, 9.17) is 10.5 Å². The van der Waals surface area contributed by atoms with E-state index in [1.807, 2.05) is 16.7 Å². The van der Waals surface area contributed by atoms with Crippen LogP contribution in [-0.2, 0) is 9.53 Å². The van der Waals surface area contributed by atoms with Crippen LogP contribution in [0, 0.1) is 5.92 Å². The third-order valence-electron chi connectivity index (χ3n) is 3.80. The summed E-state index contributed by atoms with van der Waals surface area (Å²) in [5.41, 5.74) is 6.16. The Hall–Kier alpha value is 0.0300. The minimum Gasteiger partial charge on any atom is -0.381 e. The van der Waals surface area contributed by atoms with Gasteiger partial charge in [0.05, 0.1) is 6.04 Å². The number of amides is 1. The van der Waals surface area contributed by atoms with Crippen LogP contribution in [0.1, 0.15) is 26.7 Å². The van der Waals surface area contributed by atoms with Crippen molar-refractivity contribution in [3.05, 3.63) is 0 Å². The Morgan fingerprint density at radius 1 is 1.42 bits per heavy atom. The van der Waals surface area contributed by atoms with Gasteiger partial charge in [-0.25, -0.2) is 0 Å². The molecule has 19 heavy (non-hydrogen) atoms. The number of nitrogens with zero attached hydrogens (tertiary/aromatic N) is 1. The molecule has 2 saturated heterocycles. The molecule has 4 nitrogen and oxygen atoms in total. The van der Waals surface area contributed by atoms with Gasteiger partial charge in [0, 0.05) is 36.8 Å². The van der Waals surface area contributed by atoms with Crippen LogP contribution in [0.5, 0.6) is 0 Å². The molecule has 0 aromatic rings. The molecular weight excluding hydrogens is 284 g/mol. The van der Waals surface area contributed by atoms with Crippen molar-refractivity contribution in [2.45, 2.75) is 37.5 Å². The van der Waals surface area contributed by atoms with Gasteiger partial charge in [-0.05, 0) is 32.6 Å². The summed E-state index contributed by atoms with van der Waals surface area (Å²) in [7, 11) is 0. The Bertz CT molecular complexity index is 309. The van der Waals surface area contributed by atoms with Gasteiger partial charge in [0.2, 0.25) is 5.91 Å². The van der Waals surface area contributed by atoms with Crippen LogP contribution in [0.15, 0.2) is 0 Å². The van der Waals surface area contributed by atoms with Gasteiger partial charge in [0.25, 0.3) is 0 Å². The van der Waals surface area contributed by atoms with Crippen molar-refractivity contribution >= 4 is 30.1 Å². The largest absolute Gasteiger partial charge is 0.381 e. The first-order valence-electron chi connectivity index (χ1n) is 6.76. The highest BCUT2D eigenvalue weighted by atomic mass is 35.5. The monoisotopic (exact) mass is 308 g/mol. The van der Waals surface area contributed by atoms with Crippen molar-refractivity contribution in [3.8, 4) is 0 Å². The summed E-state index contributed by atoms with van der Waals surface area (Å²) >= 11 is 1.93. The van der Waals surface area contributed by atoms with Gasteiger partial charge >= 0.3 is 0 Å². The zero-order valence-electron chi connectivity index (χ0n) is 11.8. The number of thioether (sulfide) groups is 1. The van der Waals surface area contributed by atoms with Gasteiger partial charge in [0.15, 0.2) is 0 Å². The summed E-state index contributed by atoms with van der Waals surface area (Å²) in [4.78, 5) is 14.4. The minimum atomic E-state index is -0.340. The van der Waals surface area contributed by atoms with E-state index in [9.17, 15) is 4.79 Å². The Morgan fingerprint density at radius 3 is 2.63 bits per heavy atom. The Kier molecular flexibility index (Phi) is 6.43. The average Bonchev–Trinajstić information content (AvgIpc) is 2.37. The lowest BCUT2D eigenvalue weighted by molar-refractivity contribution is -0.135. The lowest BCUT2D eigenvalue weighted by Crippen LogP contribution is -2.54. The smallest absolute Gasteiger partial charge is 0.239 e. The molecule has 1 amide bonds. The number of rotatable bonds is 2. The lowest BCUT2D eigenvalue weighted by atomic mass is 9.91. The van der Waals surface area contributed by atoms with E-state index in [1.54, 1.807) is 0 Å². The van der Waals surface area contributed by atoms with Crippen LogP contribution in [-0.4, -0.2) is 53.7 Å². The van der Waals surface area contributed by atoms with E-state index >= 15 is 0 Å². The topological polar surface area (TPSA) is 55.6 Å². The fraction of sp³-hybridized carbons (Fsp3) is 0.923. The quantitative estimate of drug-likeness (QED) is 0.840. The van der Waals surface area contributed by atoms with Gasteiger partial charge in [-0.2, -0.15) is 11.8 Å². The number of halogens is 1. The van der Waals surface area contributed by atoms with Gasteiger partial charge < -0.3 is 15.4 Å². The predicted octanol–water partition coefficient (Wildman–Crippen LogP) is 1.52. The predicted molar refractivity (Wildman–Crippen MR) is 81.9 cm³/mol. The van der Waals surface area contributed by atoms with Crippen LogP contribution in [0.2, 0.25) is 0 Å². The molecule has 2 aliphatic heterocycles. The van der Waals surface area contributed by atoms with Crippen molar-refractivity contribution in [2.24, 2.45) is 11.7 Å². The molecule has 0 aliphatic carbocycles. The third kappa shape index (κ3) is 4.52. The summed E-state index contributed by atoms with van der Waals surface area (Å²) in [6, 6.07) is -0.340. The molecule has 0 radical (unpaired) electrons. The molecule has 2 N–H and O–H groups in total. The van der Waals surface area contributed by atoms with E-state index in [2.05, 4.69) is 13.8 Å². The number of carbonyl (C=O) groups excluding carboxylic acids is 1. The second-order valence-electron chi connectivity index (χ2n) is 5.84. The maximum atomic E-state index is 12.4. The molecule has 1 atom stereocenters. The van der Waals surface area contributed by atoms with Crippen molar-refractivity contribution in [3.63, 3.8) is 0 Å². The van der Waals surface area contributed by atoms with E-state index in [0.29, 0.717) is 5.92 Å². The number of carbonyl (C=O) groups is 1. The van der Waals surface area contributed by atoms with Crippen LogP contribution < -0.4 is 5.73 Å². The highest BCUT2D eigenvalue weighted by molar-refractivity contribution is 8.00. The zero-order chi connectivity index (χ0) is 13.2. The zero-order valence-corrected chi connectivity index (χ0v) is 13.4. The van der Waals surface area contributed by atoms with Gasteiger partial charge in [-0.1, -0.05) is 0 Å². The number of hydrogen-bond acceptors (Lipinski definition) is 4. The van der Waals surface area contributed by atoms with Gasteiger partial charge in [-0.3, -0.25) is 4.79 Å². The third-order valence-corrected chi connectivity index (χ3v) is 5.09. The summed E-state index contributed by atoms with van der Waals surface area (Å²) in [6.45, 7) is 7.52. The SMILES string of the molecule is CC1(C)CN(C(=O)C(N)C2CCOCC2)CCS1.Cl. The van der Waals surface area contributed by atoms with E-state index in [1.165, 1.54) is 0 Å². The standard InChI is InChI=1S/C13H24N2O2S.ClH/c1-13(2)9-15(5-8-18-13)12(16)11(14)10-3-6-17-7-4-10;/h10-11H,3-9,14H2,1-2H3;1H. The molecular formula is C13H25ClN2O2S. The first-order chi connectivity index (χ1) is 8.49. The highest BCUT2D eigenvalue weighted by Gasteiger charge is 2.34. The average molecular weight is 309 g/mol. The van der Waals surface area contributed by atoms with Crippen LogP contribution >= 0.6 is 24.2 Å². The Labute approximate surface area is 126 Å². The summed E-state index contributed by atoms with van der Waals surface area (Å²) < 4.78 is 5.48.